The van der Waals surface area contributed by atoms with Gasteiger partial charge in [0.25, 0.3) is 0 Å². The van der Waals surface area contributed by atoms with Gasteiger partial charge in [0.05, 0.1) is 0 Å². The molecule has 0 aliphatic heterocycles. The minimum absolute atomic E-state index is 0.0435. The summed E-state index contributed by atoms with van der Waals surface area (Å²) < 4.78 is 19.5. The third-order valence-electron chi connectivity index (χ3n) is 4.14. The third-order valence-corrected chi connectivity index (χ3v) is 4.14. The molecule has 23 heavy (non-hydrogen) atoms. The number of benzene rings is 2. The zero-order chi connectivity index (χ0) is 17.0. The van der Waals surface area contributed by atoms with Crippen molar-refractivity contribution in [1.29, 1.82) is 0 Å². The number of hydrogen-bond acceptors (Lipinski definition) is 3. The zero-order valence-corrected chi connectivity index (χ0v) is 13.6. The number of carbonyl (C=O) groups is 1. The molecule has 0 unspecified atom stereocenters. The number of carbonyl (C=O) groups excluding carboxylic acids is 1. The molecule has 3 nitrogen and oxygen atoms in total. The molecule has 4 heteroatoms. The fourth-order valence-corrected chi connectivity index (χ4v) is 2.15. The molecule has 0 bridgehead atoms. The number of hydrogen-bond donors (Lipinski definition) is 1. The number of ether oxygens (including phenoxy) is 1. The lowest BCUT2D eigenvalue weighted by Gasteiger charge is -2.23. The smallest absolute Gasteiger partial charge is 0.188 e. The van der Waals surface area contributed by atoms with Crippen LogP contribution in [-0.2, 0) is 5.41 Å². The van der Waals surface area contributed by atoms with Gasteiger partial charge in [-0.1, -0.05) is 32.9 Å². The average Bonchev–Trinajstić information content (AvgIpc) is 2.56. The Balaban J connectivity index is 2.18. The van der Waals surface area contributed by atoms with Crippen LogP contribution in [0.1, 0.15) is 43.1 Å². The molecule has 122 valence electrons. The SMILES string of the molecule is CCC(C)(C)c1ccc(Oc2ccc(C(=O)CO)cc2F)cc1. The second-order valence-electron chi connectivity index (χ2n) is 6.09. The molecule has 0 fully saturated rings. The van der Waals surface area contributed by atoms with Crippen LogP contribution in [0.5, 0.6) is 11.5 Å². The summed E-state index contributed by atoms with van der Waals surface area (Å²) in [6.07, 6.45) is 1.02. The summed E-state index contributed by atoms with van der Waals surface area (Å²) in [6.45, 7) is 5.82. The molecule has 2 aromatic rings. The van der Waals surface area contributed by atoms with Gasteiger partial charge in [-0.05, 0) is 47.7 Å². The number of ketones is 1. The van der Waals surface area contributed by atoms with Crippen molar-refractivity contribution in [2.75, 3.05) is 6.61 Å². The first-order valence-corrected chi connectivity index (χ1v) is 7.59. The van der Waals surface area contributed by atoms with Gasteiger partial charge in [-0.3, -0.25) is 4.79 Å². The molecule has 2 aromatic carbocycles. The van der Waals surface area contributed by atoms with Crippen molar-refractivity contribution in [1.82, 2.24) is 0 Å². The van der Waals surface area contributed by atoms with Gasteiger partial charge in [0.2, 0.25) is 0 Å². The summed E-state index contributed by atoms with van der Waals surface area (Å²) in [4.78, 5) is 11.3. The van der Waals surface area contributed by atoms with Crippen LogP contribution >= 0.6 is 0 Å². The second-order valence-corrected chi connectivity index (χ2v) is 6.09. The van der Waals surface area contributed by atoms with Crippen molar-refractivity contribution in [2.24, 2.45) is 0 Å². The van der Waals surface area contributed by atoms with E-state index in [2.05, 4.69) is 20.8 Å². The lowest BCUT2D eigenvalue weighted by molar-refractivity contribution is 0.0903. The summed E-state index contributed by atoms with van der Waals surface area (Å²) in [5.74, 6) is -0.591. The van der Waals surface area contributed by atoms with Gasteiger partial charge < -0.3 is 9.84 Å². The Morgan fingerprint density at radius 1 is 1.17 bits per heavy atom. The monoisotopic (exact) mass is 316 g/mol. The Bertz CT molecular complexity index is 690. The van der Waals surface area contributed by atoms with Crippen LogP contribution < -0.4 is 4.74 Å². The van der Waals surface area contributed by atoms with E-state index in [1.807, 2.05) is 12.1 Å². The standard InChI is InChI=1S/C19H21FO3/c1-4-19(2,3)14-6-8-15(9-7-14)23-18-10-5-13(11-16(18)20)17(22)12-21/h5-11,21H,4,12H2,1-3H3. The molecular formula is C19H21FO3. The predicted octanol–water partition coefficient (Wildman–Crippen LogP) is 4.48. The van der Waals surface area contributed by atoms with E-state index < -0.39 is 18.2 Å². The predicted molar refractivity (Wildman–Crippen MR) is 87.6 cm³/mol. The summed E-state index contributed by atoms with van der Waals surface area (Å²) in [7, 11) is 0. The number of rotatable bonds is 6. The molecule has 0 radical (unpaired) electrons. The molecule has 0 saturated carbocycles. The first kappa shape index (κ1) is 17.2. The third kappa shape index (κ3) is 3.96. The first-order chi connectivity index (χ1) is 10.9. The Labute approximate surface area is 135 Å². The van der Waals surface area contributed by atoms with Crippen molar-refractivity contribution in [3.05, 3.63) is 59.4 Å². The van der Waals surface area contributed by atoms with Crippen molar-refractivity contribution < 1.29 is 19.0 Å². The quantitative estimate of drug-likeness (QED) is 0.799. The Morgan fingerprint density at radius 3 is 2.35 bits per heavy atom. The summed E-state index contributed by atoms with van der Waals surface area (Å²) >= 11 is 0. The van der Waals surface area contributed by atoms with Gasteiger partial charge in [0.1, 0.15) is 12.4 Å². The maximum Gasteiger partial charge on any atom is 0.188 e. The van der Waals surface area contributed by atoms with Crippen LogP contribution in [0, 0.1) is 5.82 Å². The lowest BCUT2D eigenvalue weighted by Crippen LogP contribution is -2.14. The summed E-state index contributed by atoms with van der Waals surface area (Å²) in [5.41, 5.74) is 1.39. The molecular weight excluding hydrogens is 295 g/mol. The number of halogens is 1. The average molecular weight is 316 g/mol. The van der Waals surface area contributed by atoms with E-state index in [0.29, 0.717) is 5.75 Å². The van der Waals surface area contributed by atoms with Gasteiger partial charge in [-0.15, -0.1) is 0 Å². The first-order valence-electron chi connectivity index (χ1n) is 7.59. The van der Waals surface area contributed by atoms with Crippen molar-refractivity contribution in [3.8, 4) is 11.5 Å². The van der Waals surface area contributed by atoms with Gasteiger partial charge in [-0.25, -0.2) is 4.39 Å². The minimum atomic E-state index is -0.645. The molecule has 0 aromatic heterocycles. The fourth-order valence-electron chi connectivity index (χ4n) is 2.15. The van der Waals surface area contributed by atoms with E-state index in [-0.39, 0.29) is 16.7 Å². The number of aliphatic hydroxyl groups is 1. The molecule has 1 N–H and O–H groups in total. The molecule has 0 saturated heterocycles. The molecule has 0 heterocycles. The number of Topliss-reactive ketones (excluding diaryl/α,β-unsaturated/α-hetero) is 1. The van der Waals surface area contributed by atoms with Gasteiger partial charge in [-0.2, -0.15) is 0 Å². The topological polar surface area (TPSA) is 46.5 Å². The van der Waals surface area contributed by atoms with Crippen molar-refractivity contribution in [2.45, 2.75) is 32.6 Å². The van der Waals surface area contributed by atoms with Crippen LogP contribution in [0.2, 0.25) is 0 Å². The molecule has 0 atom stereocenters. The highest BCUT2D eigenvalue weighted by molar-refractivity contribution is 5.97. The minimum Gasteiger partial charge on any atom is -0.454 e. The molecule has 0 aliphatic carbocycles. The van der Waals surface area contributed by atoms with E-state index in [4.69, 9.17) is 9.84 Å². The largest absolute Gasteiger partial charge is 0.454 e. The van der Waals surface area contributed by atoms with Crippen LogP contribution in [0.4, 0.5) is 4.39 Å². The second kappa shape index (κ2) is 6.92. The highest BCUT2D eigenvalue weighted by atomic mass is 19.1. The molecule has 0 amide bonds. The van der Waals surface area contributed by atoms with Gasteiger partial charge >= 0.3 is 0 Å². The summed E-state index contributed by atoms with van der Waals surface area (Å²) in [5, 5.41) is 8.79. The van der Waals surface area contributed by atoms with Crippen LogP contribution in [-0.4, -0.2) is 17.5 Å². The highest BCUT2D eigenvalue weighted by Gasteiger charge is 2.18. The highest BCUT2D eigenvalue weighted by Crippen LogP contribution is 2.30. The van der Waals surface area contributed by atoms with Gasteiger partial charge in [0.15, 0.2) is 17.3 Å². The van der Waals surface area contributed by atoms with Crippen molar-refractivity contribution >= 4 is 5.78 Å². The van der Waals surface area contributed by atoms with Crippen molar-refractivity contribution in [3.63, 3.8) is 0 Å². The van der Waals surface area contributed by atoms with E-state index in [1.165, 1.54) is 17.7 Å². The van der Waals surface area contributed by atoms with Crippen LogP contribution in [0.3, 0.4) is 0 Å². The maximum absolute atomic E-state index is 14.0. The van der Waals surface area contributed by atoms with E-state index in [1.54, 1.807) is 12.1 Å². The zero-order valence-electron chi connectivity index (χ0n) is 13.6. The van der Waals surface area contributed by atoms with Crippen LogP contribution in [0.15, 0.2) is 42.5 Å². The number of aliphatic hydroxyl groups excluding tert-OH is 1. The Hall–Kier alpha value is -2.20. The molecule has 0 aliphatic rings. The Kier molecular flexibility index (Phi) is 5.16. The van der Waals surface area contributed by atoms with E-state index >= 15 is 0 Å². The molecule has 2 rings (SSSR count). The lowest BCUT2D eigenvalue weighted by atomic mass is 9.82. The summed E-state index contributed by atoms with van der Waals surface area (Å²) in [6, 6.07) is 11.5. The fraction of sp³-hybridized carbons (Fsp3) is 0.316. The normalized spacial score (nSPS) is 11.3. The van der Waals surface area contributed by atoms with E-state index in [0.717, 1.165) is 12.5 Å². The Morgan fingerprint density at radius 2 is 1.83 bits per heavy atom. The van der Waals surface area contributed by atoms with Crippen LogP contribution in [0.25, 0.3) is 0 Å². The van der Waals surface area contributed by atoms with E-state index in [9.17, 15) is 9.18 Å². The maximum atomic E-state index is 14.0. The molecule has 0 spiro atoms. The van der Waals surface area contributed by atoms with Gasteiger partial charge in [0, 0.05) is 5.56 Å².